The summed E-state index contributed by atoms with van der Waals surface area (Å²) in [4.78, 5) is 12.0. The van der Waals surface area contributed by atoms with Crippen molar-refractivity contribution in [1.82, 2.24) is 0 Å². The number of aliphatic hydroxyl groups is 4. The molecule has 128 valence electrons. The highest BCUT2D eigenvalue weighted by Crippen LogP contribution is 2.36. The van der Waals surface area contributed by atoms with Crippen molar-refractivity contribution in [3.8, 4) is 17.2 Å². The van der Waals surface area contributed by atoms with Crippen molar-refractivity contribution in [2.75, 3.05) is 6.61 Å². The zero-order valence-electron chi connectivity index (χ0n) is 11.6. The zero-order valence-corrected chi connectivity index (χ0v) is 11.6. The Labute approximate surface area is 129 Å². The maximum atomic E-state index is 12.0. The maximum Gasteiger partial charge on any atom is 0.338 e. The van der Waals surface area contributed by atoms with Crippen LogP contribution in [-0.2, 0) is 9.47 Å². The summed E-state index contributed by atoms with van der Waals surface area (Å²) in [6.45, 7) is -0.717. The van der Waals surface area contributed by atoms with Crippen LogP contribution in [0.25, 0.3) is 0 Å². The summed E-state index contributed by atoms with van der Waals surface area (Å²) < 4.78 is 9.73. The Morgan fingerprint density at radius 1 is 1.09 bits per heavy atom. The molecule has 0 saturated carbocycles. The van der Waals surface area contributed by atoms with Gasteiger partial charge in [-0.15, -0.1) is 0 Å². The number of carbonyl (C=O) groups excluding carboxylic acids is 1. The Morgan fingerprint density at radius 3 is 2.17 bits per heavy atom. The number of benzene rings is 1. The van der Waals surface area contributed by atoms with Gasteiger partial charge in [0.25, 0.3) is 0 Å². The quantitative estimate of drug-likeness (QED) is 0.236. The van der Waals surface area contributed by atoms with Crippen LogP contribution < -0.4 is 0 Å². The van der Waals surface area contributed by atoms with Crippen LogP contribution in [0.4, 0.5) is 0 Å². The molecule has 0 radical (unpaired) electrons. The summed E-state index contributed by atoms with van der Waals surface area (Å²) in [7, 11) is 0. The normalized spacial score (nSPS) is 30.9. The molecule has 1 heterocycles. The number of aliphatic hydroxyl groups excluding tert-OH is 4. The van der Waals surface area contributed by atoms with Crippen LogP contribution in [0.2, 0.25) is 0 Å². The van der Waals surface area contributed by atoms with E-state index in [2.05, 4.69) is 0 Å². The number of carbonyl (C=O) groups is 1. The molecule has 0 aliphatic carbocycles. The Kier molecular flexibility index (Phi) is 4.92. The average Bonchev–Trinajstić information content (AvgIpc) is 2.52. The van der Waals surface area contributed by atoms with Gasteiger partial charge in [-0.2, -0.15) is 0 Å². The van der Waals surface area contributed by atoms with E-state index in [4.69, 9.17) is 14.6 Å². The fraction of sp³-hybridized carbons (Fsp3) is 0.462. The first-order chi connectivity index (χ1) is 10.8. The van der Waals surface area contributed by atoms with E-state index in [1.807, 2.05) is 0 Å². The molecule has 0 aromatic heterocycles. The Bertz CT molecular complexity index is 563. The Balaban J connectivity index is 2.21. The monoisotopic (exact) mass is 332 g/mol. The lowest BCUT2D eigenvalue weighted by atomic mass is 9.99. The largest absolute Gasteiger partial charge is 0.504 e. The van der Waals surface area contributed by atoms with Crippen LogP contribution in [0.15, 0.2) is 12.1 Å². The number of aromatic hydroxyl groups is 3. The van der Waals surface area contributed by atoms with Crippen LogP contribution >= 0.6 is 0 Å². The highest BCUT2D eigenvalue weighted by atomic mass is 16.7. The van der Waals surface area contributed by atoms with Crippen LogP contribution in [0.3, 0.4) is 0 Å². The van der Waals surface area contributed by atoms with Crippen molar-refractivity contribution < 1.29 is 50.0 Å². The third kappa shape index (κ3) is 3.30. The molecule has 0 amide bonds. The molecule has 1 aromatic rings. The lowest BCUT2D eigenvalue weighted by Crippen LogP contribution is -2.59. The predicted molar refractivity (Wildman–Crippen MR) is 70.6 cm³/mol. The summed E-state index contributed by atoms with van der Waals surface area (Å²) in [5.41, 5.74) is -0.359. The topological polar surface area (TPSA) is 177 Å². The molecule has 2 rings (SSSR count). The number of ether oxygens (including phenoxy) is 2. The second-order valence-electron chi connectivity index (χ2n) is 4.96. The highest BCUT2D eigenvalue weighted by Gasteiger charge is 2.46. The van der Waals surface area contributed by atoms with Crippen LogP contribution in [0, 0.1) is 0 Å². The number of hydrogen-bond acceptors (Lipinski definition) is 10. The van der Waals surface area contributed by atoms with Gasteiger partial charge in [0, 0.05) is 0 Å². The van der Waals surface area contributed by atoms with E-state index in [-0.39, 0.29) is 5.56 Å². The molecule has 1 aliphatic rings. The standard InChI is InChI=1S/C13H16O10/c14-3-7-11(9(18)10(19)13(21)22-7)23-12(20)4-1-5(15)8(17)6(16)2-4/h1-2,7,9-11,13-19,21H,3H2/t7-,9-,10-,11-,13?/m1/s1. The van der Waals surface area contributed by atoms with Gasteiger partial charge in [0.2, 0.25) is 0 Å². The smallest absolute Gasteiger partial charge is 0.338 e. The SMILES string of the molecule is O=C(O[C@H]1[C@H](O)[C@@H](O)C(O)O[C@@H]1CO)c1cc(O)c(O)c(O)c1. The summed E-state index contributed by atoms with van der Waals surface area (Å²) in [6.07, 6.45) is -8.08. The summed E-state index contributed by atoms with van der Waals surface area (Å²) >= 11 is 0. The first kappa shape index (κ1) is 17.2. The fourth-order valence-electron chi connectivity index (χ4n) is 2.13. The molecule has 1 saturated heterocycles. The lowest BCUT2D eigenvalue weighted by Gasteiger charge is -2.39. The zero-order chi connectivity index (χ0) is 17.3. The van der Waals surface area contributed by atoms with Crippen molar-refractivity contribution in [2.45, 2.75) is 30.7 Å². The molecule has 1 aromatic carbocycles. The minimum Gasteiger partial charge on any atom is -0.504 e. The van der Waals surface area contributed by atoms with Crippen molar-refractivity contribution in [1.29, 1.82) is 0 Å². The van der Waals surface area contributed by atoms with Gasteiger partial charge in [-0.1, -0.05) is 0 Å². The van der Waals surface area contributed by atoms with Gasteiger partial charge in [0.05, 0.1) is 12.2 Å². The molecule has 10 nitrogen and oxygen atoms in total. The van der Waals surface area contributed by atoms with Crippen LogP contribution in [0.5, 0.6) is 17.2 Å². The Hall–Kier alpha value is -2.11. The highest BCUT2D eigenvalue weighted by molar-refractivity contribution is 5.91. The fourth-order valence-corrected chi connectivity index (χ4v) is 2.13. The third-order valence-electron chi connectivity index (χ3n) is 3.39. The van der Waals surface area contributed by atoms with E-state index < -0.39 is 60.5 Å². The van der Waals surface area contributed by atoms with Gasteiger partial charge in [0.1, 0.15) is 18.3 Å². The number of esters is 1. The molecule has 1 aliphatic heterocycles. The molecule has 0 spiro atoms. The van der Waals surface area contributed by atoms with Crippen molar-refractivity contribution >= 4 is 5.97 Å². The third-order valence-corrected chi connectivity index (χ3v) is 3.39. The summed E-state index contributed by atoms with van der Waals surface area (Å²) in [5, 5.41) is 65.8. The van der Waals surface area contributed by atoms with Gasteiger partial charge >= 0.3 is 5.97 Å². The molecule has 23 heavy (non-hydrogen) atoms. The molecular formula is C13H16O10. The number of phenols is 3. The van der Waals surface area contributed by atoms with E-state index in [0.717, 1.165) is 12.1 Å². The van der Waals surface area contributed by atoms with E-state index in [1.165, 1.54) is 0 Å². The number of rotatable bonds is 3. The van der Waals surface area contributed by atoms with Gasteiger partial charge in [-0.25, -0.2) is 4.79 Å². The molecule has 10 heteroatoms. The lowest BCUT2D eigenvalue weighted by molar-refractivity contribution is -0.285. The van der Waals surface area contributed by atoms with Crippen LogP contribution in [0.1, 0.15) is 10.4 Å². The van der Waals surface area contributed by atoms with Crippen LogP contribution in [-0.4, -0.2) is 79.0 Å². The minimum atomic E-state index is -1.77. The van der Waals surface area contributed by atoms with E-state index in [1.54, 1.807) is 0 Å². The molecular weight excluding hydrogens is 316 g/mol. The van der Waals surface area contributed by atoms with Gasteiger partial charge in [0.15, 0.2) is 29.6 Å². The molecule has 0 bridgehead atoms. The predicted octanol–water partition coefficient (Wildman–Crippen LogP) is -2.24. The summed E-state index contributed by atoms with van der Waals surface area (Å²) in [6, 6.07) is 1.62. The van der Waals surface area contributed by atoms with Gasteiger partial charge in [-0.3, -0.25) is 0 Å². The van der Waals surface area contributed by atoms with Gasteiger partial charge in [-0.05, 0) is 12.1 Å². The van der Waals surface area contributed by atoms with E-state index >= 15 is 0 Å². The first-order valence-corrected chi connectivity index (χ1v) is 6.52. The van der Waals surface area contributed by atoms with Crippen molar-refractivity contribution in [3.63, 3.8) is 0 Å². The molecule has 1 fully saturated rings. The van der Waals surface area contributed by atoms with Crippen molar-refractivity contribution in [2.24, 2.45) is 0 Å². The average molecular weight is 332 g/mol. The minimum absolute atomic E-state index is 0.359. The number of phenolic OH excluding ortho intramolecular Hbond substituents is 3. The van der Waals surface area contributed by atoms with E-state index in [9.17, 15) is 35.4 Å². The summed E-state index contributed by atoms with van der Waals surface area (Å²) in [5.74, 6) is -3.50. The first-order valence-electron chi connectivity index (χ1n) is 6.52. The second kappa shape index (κ2) is 6.56. The maximum absolute atomic E-state index is 12.0. The Morgan fingerprint density at radius 2 is 1.65 bits per heavy atom. The van der Waals surface area contributed by atoms with E-state index in [0.29, 0.717) is 0 Å². The van der Waals surface area contributed by atoms with Gasteiger partial charge < -0.3 is 45.2 Å². The van der Waals surface area contributed by atoms with Crippen molar-refractivity contribution in [3.05, 3.63) is 17.7 Å². The molecule has 7 N–H and O–H groups in total. The second-order valence-corrected chi connectivity index (χ2v) is 4.96. The number of hydrogen-bond donors (Lipinski definition) is 7. The molecule has 1 unspecified atom stereocenters. The molecule has 5 atom stereocenters.